The van der Waals surface area contributed by atoms with Crippen LogP contribution in [0.25, 0.3) is 0 Å². The number of imidazole rings is 1. The third-order valence-electron chi connectivity index (χ3n) is 4.41. The lowest BCUT2D eigenvalue weighted by molar-refractivity contribution is 0.239. The molecular formula is C14H23N3O. The van der Waals surface area contributed by atoms with E-state index in [0.29, 0.717) is 5.92 Å². The van der Waals surface area contributed by atoms with Crippen molar-refractivity contribution in [2.75, 3.05) is 19.7 Å². The maximum Gasteiger partial charge on any atom is 0.109 e. The lowest BCUT2D eigenvalue weighted by Gasteiger charge is -2.26. The Bertz CT molecular complexity index is 396. The minimum Gasteiger partial charge on any atom is -0.396 e. The molecule has 2 N–H and O–H groups in total. The zero-order valence-corrected chi connectivity index (χ0v) is 10.9. The summed E-state index contributed by atoms with van der Waals surface area (Å²) >= 11 is 0. The number of nitrogens with zero attached hydrogens (tertiary/aromatic N) is 2. The summed E-state index contributed by atoms with van der Waals surface area (Å²) < 4.78 is 2.36. The SMILES string of the molecule is OCC1CCCn2c1cnc2CC1CCCNC1. The second kappa shape index (κ2) is 5.41. The highest BCUT2D eigenvalue weighted by Crippen LogP contribution is 2.29. The molecule has 4 heteroatoms. The molecule has 1 fully saturated rings. The predicted molar refractivity (Wildman–Crippen MR) is 70.6 cm³/mol. The molecule has 1 aromatic heterocycles. The van der Waals surface area contributed by atoms with E-state index in [1.807, 2.05) is 6.20 Å². The van der Waals surface area contributed by atoms with Crippen LogP contribution in [0.3, 0.4) is 0 Å². The Kier molecular flexibility index (Phi) is 3.66. The van der Waals surface area contributed by atoms with Crippen LogP contribution in [0.5, 0.6) is 0 Å². The number of rotatable bonds is 3. The van der Waals surface area contributed by atoms with E-state index in [1.165, 1.54) is 37.3 Å². The lowest BCUT2D eigenvalue weighted by Crippen LogP contribution is -2.31. The van der Waals surface area contributed by atoms with Crippen molar-refractivity contribution in [3.8, 4) is 0 Å². The molecule has 0 aromatic carbocycles. The smallest absolute Gasteiger partial charge is 0.109 e. The largest absolute Gasteiger partial charge is 0.396 e. The highest BCUT2D eigenvalue weighted by molar-refractivity contribution is 5.14. The average molecular weight is 249 g/mol. The fraction of sp³-hybridized carbons (Fsp3) is 0.786. The third kappa shape index (κ3) is 2.31. The first kappa shape index (κ1) is 12.2. The van der Waals surface area contributed by atoms with Gasteiger partial charge in [-0.2, -0.15) is 0 Å². The molecule has 18 heavy (non-hydrogen) atoms. The Morgan fingerprint density at radius 1 is 1.39 bits per heavy atom. The Hall–Kier alpha value is -0.870. The third-order valence-corrected chi connectivity index (χ3v) is 4.41. The molecule has 2 aliphatic heterocycles. The standard InChI is InChI=1S/C14H23N3O/c18-10-12-4-2-6-17-13(12)9-16-14(17)7-11-3-1-5-15-8-11/h9,11-12,15,18H,1-8,10H2. The summed E-state index contributed by atoms with van der Waals surface area (Å²) in [7, 11) is 0. The van der Waals surface area contributed by atoms with E-state index in [4.69, 9.17) is 0 Å². The number of piperidine rings is 1. The predicted octanol–water partition coefficient (Wildman–Crippen LogP) is 1.29. The van der Waals surface area contributed by atoms with Gasteiger partial charge in [-0.25, -0.2) is 4.98 Å². The van der Waals surface area contributed by atoms with Crippen LogP contribution in [0, 0.1) is 5.92 Å². The zero-order valence-electron chi connectivity index (χ0n) is 10.9. The second-order valence-corrected chi connectivity index (χ2v) is 5.69. The Morgan fingerprint density at radius 2 is 2.33 bits per heavy atom. The Labute approximate surface area is 108 Å². The molecular weight excluding hydrogens is 226 g/mol. The number of fused-ring (bicyclic) bond motifs is 1. The average Bonchev–Trinajstić information content (AvgIpc) is 2.83. The summed E-state index contributed by atoms with van der Waals surface area (Å²) in [5.74, 6) is 2.28. The summed E-state index contributed by atoms with van der Waals surface area (Å²) in [6.45, 7) is 3.64. The van der Waals surface area contributed by atoms with Gasteiger partial charge in [0.15, 0.2) is 0 Å². The van der Waals surface area contributed by atoms with Crippen molar-refractivity contribution in [2.24, 2.45) is 5.92 Å². The first-order chi connectivity index (χ1) is 8.88. The van der Waals surface area contributed by atoms with Crippen LogP contribution >= 0.6 is 0 Å². The molecule has 0 aliphatic carbocycles. The van der Waals surface area contributed by atoms with Gasteiger partial charge in [0.25, 0.3) is 0 Å². The van der Waals surface area contributed by atoms with Crippen LogP contribution in [0.15, 0.2) is 6.20 Å². The minimum absolute atomic E-state index is 0.260. The van der Waals surface area contributed by atoms with Crippen molar-refractivity contribution in [3.05, 3.63) is 17.7 Å². The van der Waals surface area contributed by atoms with Crippen LogP contribution in [-0.2, 0) is 13.0 Å². The van der Waals surface area contributed by atoms with Crippen molar-refractivity contribution < 1.29 is 5.11 Å². The molecule has 3 heterocycles. The molecule has 0 amide bonds. The highest BCUT2D eigenvalue weighted by Gasteiger charge is 2.24. The first-order valence-electron chi connectivity index (χ1n) is 7.24. The number of aromatic nitrogens is 2. The number of aliphatic hydroxyl groups excluding tert-OH is 1. The van der Waals surface area contributed by atoms with E-state index in [9.17, 15) is 5.11 Å². The molecule has 2 aliphatic rings. The van der Waals surface area contributed by atoms with Gasteiger partial charge < -0.3 is 15.0 Å². The van der Waals surface area contributed by atoms with Crippen LogP contribution in [-0.4, -0.2) is 34.4 Å². The molecule has 2 atom stereocenters. The van der Waals surface area contributed by atoms with Crippen LogP contribution < -0.4 is 5.32 Å². The molecule has 0 bridgehead atoms. The summed E-state index contributed by atoms with van der Waals surface area (Å²) in [4.78, 5) is 4.61. The molecule has 100 valence electrons. The maximum absolute atomic E-state index is 9.42. The molecule has 0 radical (unpaired) electrons. The molecule has 0 saturated carbocycles. The molecule has 2 unspecified atom stereocenters. The number of hydrogen-bond donors (Lipinski definition) is 2. The Morgan fingerprint density at radius 3 is 3.11 bits per heavy atom. The quantitative estimate of drug-likeness (QED) is 0.849. The summed E-state index contributed by atoms with van der Waals surface area (Å²) in [6, 6.07) is 0. The van der Waals surface area contributed by atoms with Gasteiger partial charge >= 0.3 is 0 Å². The van der Waals surface area contributed by atoms with Gasteiger partial charge in [-0.15, -0.1) is 0 Å². The number of nitrogens with one attached hydrogen (secondary N) is 1. The van der Waals surface area contributed by atoms with Gasteiger partial charge in [0.2, 0.25) is 0 Å². The monoisotopic (exact) mass is 249 g/mol. The van der Waals surface area contributed by atoms with Gasteiger partial charge in [0.05, 0.1) is 6.61 Å². The fourth-order valence-corrected chi connectivity index (χ4v) is 3.36. The lowest BCUT2D eigenvalue weighted by atomic mass is 9.95. The van der Waals surface area contributed by atoms with Crippen molar-refractivity contribution in [2.45, 2.75) is 44.6 Å². The van der Waals surface area contributed by atoms with E-state index in [0.717, 1.165) is 31.8 Å². The van der Waals surface area contributed by atoms with Gasteiger partial charge in [0.1, 0.15) is 5.82 Å². The number of aliphatic hydroxyl groups is 1. The van der Waals surface area contributed by atoms with Gasteiger partial charge in [0, 0.05) is 30.8 Å². The van der Waals surface area contributed by atoms with Crippen LogP contribution in [0.2, 0.25) is 0 Å². The first-order valence-corrected chi connectivity index (χ1v) is 7.24. The topological polar surface area (TPSA) is 50.1 Å². The van der Waals surface area contributed by atoms with E-state index in [2.05, 4.69) is 14.9 Å². The maximum atomic E-state index is 9.42. The molecule has 4 nitrogen and oxygen atoms in total. The zero-order chi connectivity index (χ0) is 12.4. The van der Waals surface area contributed by atoms with Crippen LogP contribution in [0.1, 0.15) is 43.1 Å². The van der Waals surface area contributed by atoms with E-state index >= 15 is 0 Å². The summed E-state index contributed by atoms with van der Waals surface area (Å²) in [5.41, 5.74) is 1.25. The van der Waals surface area contributed by atoms with Gasteiger partial charge in [-0.3, -0.25) is 0 Å². The summed E-state index contributed by atoms with van der Waals surface area (Å²) in [6.07, 6.45) is 7.96. The van der Waals surface area contributed by atoms with Crippen LogP contribution in [0.4, 0.5) is 0 Å². The van der Waals surface area contributed by atoms with Crippen molar-refractivity contribution >= 4 is 0 Å². The molecule has 3 rings (SSSR count). The van der Waals surface area contributed by atoms with E-state index in [-0.39, 0.29) is 6.61 Å². The van der Waals surface area contributed by atoms with Gasteiger partial charge in [-0.1, -0.05) is 0 Å². The number of hydrogen-bond acceptors (Lipinski definition) is 3. The molecule has 1 saturated heterocycles. The van der Waals surface area contributed by atoms with E-state index in [1.54, 1.807) is 0 Å². The van der Waals surface area contributed by atoms with E-state index < -0.39 is 0 Å². The van der Waals surface area contributed by atoms with Gasteiger partial charge in [-0.05, 0) is 44.7 Å². The minimum atomic E-state index is 0.260. The Balaban J connectivity index is 1.74. The fourth-order valence-electron chi connectivity index (χ4n) is 3.36. The highest BCUT2D eigenvalue weighted by atomic mass is 16.3. The summed E-state index contributed by atoms with van der Waals surface area (Å²) in [5, 5.41) is 12.9. The van der Waals surface area contributed by atoms with Crippen molar-refractivity contribution in [1.29, 1.82) is 0 Å². The molecule has 0 spiro atoms. The second-order valence-electron chi connectivity index (χ2n) is 5.69. The normalized spacial score (nSPS) is 28.1. The molecule has 1 aromatic rings. The van der Waals surface area contributed by atoms with Crippen molar-refractivity contribution in [1.82, 2.24) is 14.9 Å². The van der Waals surface area contributed by atoms with Crippen molar-refractivity contribution in [3.63, 3.8) is 0 Å².